The van der Waals surface area contributed by atoms with Crippen LogP contribution in [-0.2, 0) is 19.1 Å². The second-order valence-electron chi connectivity index (χ2n) is 11.0. The number of carbonyl (C=O) groups excluding carboxylic acids is 2. The van der Waals surface area contributed by atoms with Gasteiger partial charge < -0.3 is 29.9 Å². The summed E-state index contributed by atoms with van der Waals surface area (Å²) < 4.78 is 12.5. The molecule has 2 aliphatic heterocycles. The lowest BCUT2D eigenvalue weighted by molar-refractivity contribution is -0.450. The van der Waals surface area contributed by atoms with E-state index in [4.69, 9.17) is 9.47 Å². The molecular weight excluding hydrogens is 464 g/mol. The van der Waals surface area contributed by atoms with Crippen molar-refractivity contribution in [2.24, 2.45) is 22.7 Å². The minimum atomic E-state index is -2.26. The monoisotopic (exact) mass is 496 g/mol. The van der Waals surface area contributed by atoms with Crippen LogP contribution < -0.4 is 0 Å². The lowest BCUT2D eigenvalue weighted by Gasteiger charge is -2.58. The standard InChI is InChI=1S/C28H32O8/c1-7-9-11-13-15(29)17-19-23(3)22(32)18(16(30)14-12-10-8-2)20-24(4,21(17)31)28(34)25(19,5)35-27(23,33)26(20,6)36-28/h7-14,19-20,29-30,33-34H,1-6H3/b9-7+,10-8+,13-11+,14-12+,17-15+,18-16+/t19-,20-,23-,24-,25+,26+,27-,28-/m1/s1. The average molecular weight is 497 g/mol. The lowest BCUT2D eigenvalue weighted by atomic mass is 9.39. The van der Waals surface area contributed by atoms with Gasteiger partial charge in [0.25, 0.3) is 0 Å². The highest BCUT2D eigenvalue weighted by Gasteiger charge is 2.99. The molecule has 5 fully saturated rings. The topological polar surface area (TPSA) is 134 Å². The van der Waals surface area contributed by atoms with Crippen molar-refractivity contribution >= 4 is 11.6 Å². The van der Waals surface area contributed by atoms with Crippen molar-refractivity contribution in [2.45, 2.75) is 64.3 Å². The van der Waals surface area contributed by atoms with Gasteiger partial charge in [-0.15, -0.1) is 0 Å². The van der Waals surface area contributed by atoms with E-state index in [1.54, 1.807) is 50.3 Å². The summed E-state index contributed by atoms with van der Waals surface area (Å²) in [6.07, 6.45) is 12.6. The molecule has 0 radical (unpaired) electrons. The van der Waals surface area contributed by atoms with Crippen LogP contribution in [0.2, 0.25) is 0 Å². The highest BCUT2D eigenvalue weighted by Crippen LogP contribution is 2.83. The minimum absolute atomic E-state index is 0.113. The molecule has 0 spiro atoms. The van der Waals surface area contributed by atoms with Crippen molar-refractivity contribution in [3.8, 4) is 0 Å². The van der Waals surface area contributed by atoms with Crippen LogP contribution in [0.5, 0.6) is 0 Å². The molecule has 8 nitrogen and oxygen atoms in total. The number of allylic oxidation sites excluding steroid dienone is 8. The number of carbonyl (C=O) groups is 2. The molecule has 4 N–H and O–H groups in total. The fourth-order valence-electron chi connectivity index (χ4n) is 7.94. The Morgan fingerprint density at radius 3 is 1.33 bits per heavy atom. The number of aliphatic hydroxyl groups excluding tert-OH is 2. The highest BCUT2D eigenvalue weighted by molar-refractivity contribution is 6.13. The molecule has 5 aliphatic rings. The molecule has 0 aromatic heterocycles. The summed E-state index contributed by atoms with van der Waals surface area (Å²) in [5.74, 6) is -9.12. The Balaban J connectivity index is 1.93. The maximum Gasteiger partial charge on any atom is 0.210 e. The average Bonchev–Trinajstić information content (AvgIpc) is 3.12. The zero-order chi connectivity index (χ0) is 26.7. The third kappa shape index (κ3) is 2.15. The molecule has 192 valence electrons. The first-order valence-electron chi connectivity index (χ1n) is 12.1. The van der Waals surface area contributed by atoms with E-state index in [9.17, 15) is 30.0 Å². The summed E-state index contributed by atoms with van der Waals surface area (Å²) in [6.45, 7) is 9.48. The molecule has 5 rings (SSSR count). The molecule has 8 bridgehead atoms. The predicted molar refractivity (Wildman–Crippen MR) is 129 cm³/mol. The third-order valence-electron chi connectivity index (χ3n) is 9.41. The Bertz CT molecular complexity index is 1190. The van der Waals surface area contributed by atoms with Crippen LogP contribution in [0, 0.1) is 22.7 Å². The fraction of sp³-hybridized carbons (Fsp3) is 0.500. The van der Waals surface area contributed by atoms with Crippen LogP contribution in [0.15, 0.2) is 71.3 Å². The lowest BCUT2D eigenvalue weighted by Crippen LogP contribution is -2.74. The van der Waals surface area contributed by atoms with Crippen LogP contribution >= 0.6 is 0 Å². The number of hydrogen-bond acceptors (Lipinski definition) is 8. The van der Waals surface area contributed by atoms with E-state index in [2.05, 4.69) is 0 Å². The molecule has 0 aromatic rings. The van der Waals surface area contributed by atoms with Crippen LogP contribution in [0.4, 0.5) is 0 Å². The number of ether oxygens (including phenoxy) is 2. The Morgan fingerprint density at radius 1 is 0.694 bits per heavy atom. The van der Waals surface area contributed by atoms with Crippen molar-refractivity contribution in [1.82, 2.24) is 0 Å². The van der Waals surface area contributed by atoms with Crippen LogP contribution in [0.1, 0.15) is 41.5 Å². The van der Waals surface area contributed by atoms with E-state index < -0.39 is 57.0 Å². The summed E-state index contributed by atoms with van der Waals surface area (Å²) in [6, 6.07) is 0. The molecule has 36 heavy (non-hydrogen) atoms. The number of Topliss-reactive ketones (excluding diaryl/α,β-unsaturated/α-hetero) is 2. The zero-order valence-electron chi connectivity index (χ0n) is 21.2. The van der Waals surface area contributed by atoms with Gasteiger partial charge in [-0.25, -0.2) is 0 Å². The largest absolute Gasteiger partial charge is 0.508 e. The van der Waals surface area contributed by atoms with Gasteiger partial charge in [-0.1, -0.05) is 36.5 Å². The van der Waals surface area contributed by atoms with Gasteiger partial charge >= 0.3 is 0 Å². The SMILES string of the molecule is C/C=C/C=C/C(O)=C1\C(=O)[C@@]2(C)[C@H]3/C(=C(O)/C=C/C=C/C)C(=O)[C@@]4(C)[C@@H]1[C@]1(C)O[C@@]4(O)[C@@]3(C)O[C@@]12O. The van der Waals surface area contributed by atoms with Gasteiger partial charge in [0.15, 0.2) is 11.6 Å². The Morgan fingerprint density at radius 2 is 1.03 bits per heavy atom. The fourth-order valence-corrected chi connectivity index (χ4v) is 7.94. The molecule has 0 amide bonds. The number of rotatable bonds is 4. The van der Waals surface area contributed by atoms with Crippen molar-refractivity contribution in [3.05, 3.63) is 71.3 Å². The van der Waals surface area contributed by atoms with Crippen LogP contribution in [0.3, 0.4) is 0 Å². The molecule has 0 unspecified atom stereocenters. The third-order valence-corrected chi connectivity index (χ3v) is 9.41. The summed E-state index contributed by atoms with van der Waals surface area (Å²) >= 11 is 0. The zero-order valence-corrected chi connectivity index (χ0v) is 21.2. The Kier molecular flexibility index (Phi) is 4.81. The van der Waals surface area contributed by atoms with E-state index in [1.807, 2.05) is 0 Å². The molecular formula is C28H32O8. The summed E-state index contributed by atoms with van der Waals surface area (Å²) in [7, 11) is 0. The smallest absolute Gasteiger partial charge is 0.210 e. The molecule has 3 aliphatic carbocycles. The number of aliphatic hydroxyl groups is 4. The first kappa shape index (κ1) is 24.9. The molecule has 0 aromatic carbocycles. The van der Waals surface area contributed by atoms with E-state index in [0.29, 0.717) is 0 Å². The van der Waals surface area contributed by atoms with E-state index >= 15 is 0 Å². The quantitative estimate of drug-likeness (QED) is 0.265. The van der Waals surface area contributed by atoms with Gasteiger partial charge in [-0.3, -0.25) is 9.59 Å². The van der Waals surface area contributed by atoms with Gasteiger partial charge in [0.1, 0.15) is 22.7 Å². The first-order valence-corrected chi connectivity index (χ1v) is 12.1. The summed E-state index contributed by atoms with van der Waals surface area (Å²) in [5, 5.41) is 46.6. The maximum absolute atomic E-state index is 14.3. The highest BCUT2D eigenvalue weighted by atomic mass is 16.8. The summed E-state index contributed by atoms with van der Waals surface area (Å²) in [4.78, 5) is 28.7. The molecule has 3 saturated carbocycles. The van der Waals surface area contributed by atoms with Crippen molar-refractivity contribution in [3.63, 3.8) is 0 Å². The van der Waals surface area contributed by atoms with Gasteiger partial charge in [-0.2, -0.15) is 0 Å². The molecule has 2 saturated heterocycles. The Labute approximate surface area is 209 Å². The van der Waals surface area contributed by atoms with Gasteiger partial charge in [-0.05, 0) is 53.7 Å². The van der Waals surface area contributed by atoms with Crippen LogP contribution in [-0.4, -0.2) is 54.8 Å². The van der Waals surface area contributed by atoms with E-state index in [1.165, 1.54) is 39.8 Å². The van der Waals surface area contributed by atoms with Gasteiger partial charge in [0, 0.05) is 23.0 Å². The van der Waals surface area contributed by atoms with E-state index in [0.717, 1.165) is 0 Å². The normalized spacial score (nSPS) is 51.8. The van der Waals surface area contributed by atoms with Crippen molar-refractivity contribution < 1.29 is 39.5 Å². The number of ketones is 2. The van der Waals surface area contributed by atoms with E-state index in [-0.39, 0.29) is 22.7 Å². The predicted octanol–water partition coefficient (Wildman–Crippen LogP) is 3.25. The molecule has 2 heterocycles. The second kappa shape index (κ2) is 6.95. The number of hydrogen-bond donors (Lipinski definition) is 4. The van der Waals surface area contributed by atoms with Crippen molar-refractivity contribution in [1.29, 1.82) is 0 Å². The minimum Gasteiger partial charge on any atom is -0.508 e. The van der Waals surface area contributed by atoms with Gasteiger partial charge in [0.05, 0.1) is 10.8 Å². The summed E-state index contributed by atoms with van der Waals surface area (Å²) in [5.41, 5.74) is -7.52. The van der Waals surface area contributed by atoms with Crippen molar-refractivity contribution in [2.75, 3.05) is 0 Å². The first-order chi connectivity index (χ1) is 16.7. The maximum atomic E-state index is 14.3. The van der Waals surface area contributed by atoms with Gasteiger partial charge in [0.2, 0.25) is 11.6 Å². The molecule has 8 atom stereocenters. The molecule has 8 heteroatoms. The second-order valence-corrected chi connectivity index (χ2v) is 11.0. The Hall–Kier alpha value is -2.78. The van der Waals surface area contributed by atoms with Crippen LogP contribution in [0.25, 0.3) is 0 Å².